The monoisotopic (exact) mass is 329 g/mol. The minimum absolute atomic E-state index is 0.191. The van der Waals surface area contributed by atoms with Crippen LogP contribution in [0.25, 0.3) is 0 Å². The van der Waals surface area contributed by atoms with Crippen LogP contribution in [0.3, 0.4) is 0 Å². The van der Waals surface area contributed by atoms with Crippen molar-refractivity contribution in [3.63, 3.8) is 0 Å². The highest BCUT2D eigenvalue weighted by molar-refractivity contribution is 7.92. The quantitative estimate of drug-likeness (QED) is 0.845. The van der Waals surface area contributed by atoms with Gasteiger partial charge in [-0.05, 0) is 36.2 Å². The van der Waals surface area contributed by atoms with Crippen LogP contribution in [-0.2, 0) is 16.4 Å². The van der Waals surface area contributed by atoms with E-state index >= 15 is 0 Å². The van der Waals surface area contributed by atoms with Gasteiger partial charge in [-0.25, -0.2) is 8.42 Å². The molecule has 0 fully saturated rings. The predicted molar refractivity (Wildman–Crippen MR) is 83.1 cm³/mol. The predicted octanol–water partition coefficient (Wildman–Crippen LogP) is 3.92. The van der Waals surface area contributed by atoms with E-state index in [1.54, 1.807) is 48.5 Å². The molecule has 0 atom stereocenters. The van der Waals surface area contributed by atoms with E-state index < -0.39 is 10.0 Å². The van der Waals surface area contributed by atoms with Gasteiger partial charge in [0, 0.05) is 5.88 Å². The van der Waals surface area contributed by atoms with Crippen LogP contribution in [0.1, 0.15) is 5.56 Å². The molecule has 0 aromatic heterocycles. The highest BCUT2D eigenvalue weighted by atomic mass is 35.5. The summed E-state index contributed by atoms with van der Waals surface area (Å²) in [5.41, 5.74) is 1.36. The van der Waals surface area contributed by atoms with E-state index in [2.05, 4.69) is 4.72 Å². The van der Waals surface area contributed by atoms with E-state index in [9.17, 15) is 8.42 Å². The Morgan fingerprint density at radius 2 is 1.65 bits per heavy atom. The van der Waals surface area contributed by atoms with Crippen LogP contribution < -0.4 is 4.72 Å². The smallest absolute Gasteiger partial charge is 0.261 e. The largest absolute Gasteiger partial charge is 0.278 e. The third-order valence-corrected chi connectivity index (χ3v) is 4.63. The maximum absolute atomic E-state index is 12.2. The zero-order chi connectivity index (χ0) is 14.6. The Hall–Kier alpha value is -1.23. The molecule has 0 aliphatic carbocycles. The molecule has 6 heteroatoms. The fourth-order valence-corrected chi connectivity index (χ4v) is 3.23. The molecule has 0 amide bonds. The normalized spacial score (nSPS) is 11.3. The SMILES string of the molecule is O=S(=O)(Nc1ccccc1Cl)c1ccc(CCCl)cc1. The average Bonchev–Trinajstić information content (AvgIpc) is 2.42. The molecule has 0 radical (unpaired) electrons. The molecule has 0 spiro atoms. The number of aryl methyl sites for hydroxylation is 1. The van der Waals surface area contributed by atoms with Crippen LogP contribution in [0.15, 0.2) is 53.4 Å². The van der Waals surface area contributed by atoms with Gasteiger partial charge in [0.05, 0.1) is 15.6 Å². The lowest BCUT2D eigenvalue weighted by Gasteiger charge is -2.09. The number of anilines is 1. The van der Waals surface area contributed by atoms with Gasteiger partial charge in [0.1, 0.15) is 0 Å². The number of benzene rings is 2. The van der Waals surface area contributed by atoms with Gasteiger partial charge in [-0.3, -0.25) is 4.72 Å². The standard InChI is InChI=1S/C14H13Cl2NO2S/c15-10-9-11-5-7-12(8-6-11)20(18,19)17-14-4-2-1-3-13(14)16/h1-8,17H,9-10H2. The number of para-hydroxylation sites is 1. The van der Waals surface area contributed by atoms with Crippen LogP contribution in [-0.4, -0.2) is 14.3 Å². The molecule has 0 aliphatic rings. The molecule has 0 unspecified atom stereocenters. The van der Waals surface area contributed by atoms with E-state index in [4.69, 9.17) is 23.2 Å². The minimum Gasteiger partial charge on any atom is -0.278 e. The summed E-state index contributed by atoms with van der Waals surface area (Å²) in [7, 11) is -3.63. The Kier molecular flexibility index (Phi) is 4.91. The molecular weight excluding hydrogens is 317 g/mol. The fraction of sp³-hybridized carbons (Fsp3) is 0.143. The Balaban J connectivity index is 2.24. The lowest BCUT2D eigenvalue weighted by molar-refractivity contribution is 0.601. The van der Waals surface area contributed by atoms with Gasteiger partial charge in [-0.1, -0.05) is 35.9 Å². The van der Waals surface area contributed by atoms with E-state index in [0.717, 1.165) is 5.56 Å². The highest BCUT2D eigenvalue weighted by Crippen LogP contribution is 2.24. The molecule has 0 aliphatic heterocycles. The Bertz CT molecular complexity index is 685. The van der Waals surface area contributed by atoms with Crippen molar-refractivity contribution >= 4 is 38.9 Å². The van der Waals surface area contributed by atoms with Crippen molar-refractivity contribution in [1.29, 1.82) is 0 Å². The summed E-state index contributed by atoms with van der Waals surface area (Å²) in [5.74, 6) is 0.504. The second kappa shape index (κ2) is 6.48. The van der Waals surface area contributed by atoms with Crippen molar-refractivity contribution < 1.29 is 8.42 Å². The fourth-order valence-electron chi connectivity index (χ4n) is 1.69. The summed E-state index contributed by atoms with van der Waals surface area (Å²) in [6.07, 6.45) is 0.708. The summed E-state index contributed by atoms with van der Waals surface area (Å²) < 4.78 is 26.9. The van der Waals surface area contributed by atoms with Crippen molar-refractivity contribution in [3.05, 3.63) is 59.1 Å². The van der Waals surface area contributed by atoms with Crippen molar-refractivity contribution in [2.24, 2.45) is 0 Å². The van der Waals surface area contributed by atoms with Crippen LogP contribution in [0.2, 0.25) is 5.02 Å². The first-order valence-corrected chi connectivity index (χ1v) is 8.35. The summed E-state index contributed by atoms with van der Waals surface area (Å²) in [6, 6.07) is 13.3. The van der Waals surface area contributed by atoms with Crippen molar-refractivity contribution in [2.45, 2.75) is 11.3 Å². The molecule has 0 saturated heterocycles. The van der Waals surface area contributed by atoms with Crippen molar-refractivity contribution in [3.8, 4) is 0 Å². The molecular formula is C14H13Cl2NO2S. The number of rotatable bonds is 5. The molecule has 106 valence electrons. The van der Waals surface area contributed by atoms with Gasteiger partial charge in [0.15, 0.2) is 0 Å². The van der Waals surface area contributed by atoms with Crippen LogP contribution >= 0.6 is 23.2 Å². The van der Waals surface area contributed by atoms with E-state index in [-0.39, 0.29) is 4.90 Å². The average molecular weight is 330 g/mol. The van der Waals surface area contributed by atoms with Gasteiger partial charge in [0.2, 0.25) is 0 Å². The van der Waals surface area contributed by atoms with Crippen LogP contribution in [0.4, 0.5) is 5.69 Å². The number of hydrogen-bond acceptors (Lipinski definition) is 2. The van der Waals surface area contributed by atoms with E-state index in [1.165, 1.54) is 0 Å². The number of halogens is 2. The Labute approximate surface area is 128 Å². The molecule has 0 heterocycles. The topological polar surface area (TPSA) is 46.2 Å². The summed E-state index contributed by atoms with van der Waals surface area (Å²) >= 11 is 11.6. The molecule has 20 heavy (non-hydrogen) atoms. The van der Waals surface area contributed by atoms with Crippen molar-refractivity contribution in [1.82, 2.24) is 0 Å². The number of sulfonamides is 1. The summed E-state index contributed by atoms with van der Waals surface area (Å²) in [4.78, 5) is 0.191. The number of hydrogen-bond donors (Lipinski definition) is 1. The molecule has 0 bridgehead atoms. The van der Waals surface area contributed by atoms with Crippen molar-refractivity contribution in [2.75, 3.05) is 10.6 Å². The van der Waals surface area contributed by atoms with Gasteiger partial charge in [-0.15, -0.1) is 11.6 Å². The first-order chi connectivity index (χ1) is 9.53. The zero-order valence-corrected chi connectivity index (χ0v) is 12.8. The molecule has 3 nitrogen and oxygen atoms in total. The van der Waals surface area contributed by atoms with Gasteiger partial charge in [-0.2, -0.15) is 0 Å². The lowest BCUT2D eigenvalue weighted by Crippen LogP contribution is -2.13. The van der Waals surface area contributed by atoms with E-state index in [1.807, 2.05) is 0 Å². The first-order valence-electron chi connectivity index (χ1n) is 5.95. The first kappa shape index (κ1) is 15.2. The minimum atomic E-state index is -3.63. The second-order valence-corrected chi connectivity index (χ2v) is 6.64. The maximum Gasteiger partial charge on any atom is 0.261 e. The zero-order valence-electron chi connectivity index (χ0n) is 10.5. The molecule has 1 N–H and O–H groups in total. The molecule has 2 aromatic carbocycles. The van der Waals surface area contributed by atoms with Crippen LogP contribution in [0.5, 0.6) is 0 Å². The van der Waals surface area contributed by atoms with Gasteiger partial charge in [0.25, 0.3) is 10.0 Å². The summed E-state index contributed by atoms with van der Waals surface area (Å²) in [6.45, 7) is 0. The number of nitrogens with one attached hydrogen (secondary N) is 1. The highest BCUT2D eigenvalue weighted by Gasteiger charge is 2.15. The molecule has 2 rings (SSSR count). The van der Waals surface area contributed by atoms with Gasteiger partial charge >= 0.3 is 0 Å². The maximum atomic E-state index is 12.2. The second-order valence-electron chi connectivity index (χ2n) is 4.17. The Morgan fingerprint density at radius 1 is 1.00 bits per heavy atom. The third kappa shape index (κ3) is 3.66. The molecule has 2 aromatic rings. The molecule has 0 saturated carbocycles. The van der Waals surface area contributed by atoms with Crippen LogP contribution in [0, 0.1) is 0 Å². The number of alkyl halides is 1. The van der Waals surface area contributed by atoms with Gasteiger partial charge < -0.3 is 0 Å². The lowest BCUT2D eigenvalue weighted by atomic mass is 10.2. The summed E-state index contributed by atoms with van der Waals surface area (Å²) in [5, 5.41) is 0.356. The Morgan fingerprint density at radius 3 is 2.25 bits per heavy atom. The third-order valence-electron chi connectivity index (χ3n) is 2.73. The van der Waals surface area contributed by atoms with E-state index in [0.29, 0.717) is 23.0 Å².